The third kappa shape index (κ3) is 2.41. The molecule has 0 amide bonds. The summed E-state index contributed by atoms with van der Waals surface area (Å²) >= 11 is -2.22. The van der Waals surface area contributed by atoms with Gasteiger partial charge in [0.1, 0.15) is 0 Å². The molecule has 0 bridgehead atoms. The standard InChI is InChI=1S/C6H2FN2.3CH3.Sn/c7-5-2-1-3-9-6(5)4-8;;;;/h2-3H;3*1H3;. The fourth-order valence-electron chi connectivity index (χ4n) is 0.930. The molecule has 0 radical (unpaired) electrons. The third-order valence-electron chi connectivity index (χ3n) is 1.81. The monoisotopic (exact) mass is 286 g/mol. The van der Waals surface area contributed by atoms with Crippen molar-refractivity contribution in [2.45, 2.75) is 14.8 Å². The molecule has 0 saturated carbocycles. The van der Waals surface area contributed by atoms with Crippen LogP contribution >= 0.6 is 0 Å². The summed E-state index contributed by atoms with van der Waals surface area (Å²) in [5.41, 5.74) is -0.112. The molecule has 0 spiro atoms. The molecule has 0 aliphatic rings. The SMILES string of the molecule is [CH3][Sn]([CH3])([CH3])[c]1cnc(C#N)c(F)c1. The van der Waals surface area contributed by atoms with Gasteiger partial charge in [0.2, 0.25) is 0 Å². The second kappa shape index (κ2) is 3.62. The Hall–Kier alpha value is -0.631. The zero-order valence-corrected chi connectivity index (χ0v) is 10.8. The minimum absolute atomic E-state index is 0.112. The summed E-state index contributed by atoms with van der Waals surface area (Å²) in [4.78, 5) is 10.3. The Balaban J connectivity index is 3.20. The molecule has 0 aromatic carbocycles. The van der Waals surface area contributed by atoms with E-state index in [0.717, 1.165) is 3.58 Å². The number of rotatable bonds is 1. The van der Waals surface area contributed by atoms with E-state index in [1.54, 1.807) is 12.3 Å². The fraction of sp³-hybridized carbons (Fsp3) is 0.333. The molecule has 68 valence electrons. The van der Waals surface area contributed by atoms with Crippen LogP contribution in [-0.4, -0.2) is 23.4 Å². The number of hydrogen-bond acceptors (Lipinski definition) is 2. The van der Waals surface area contributed by atoms with Gasteiger partial charge in [0.05, 0.1) is 0 Å². The van der Waals surface area contributed by atoms with E-state index in [4.69, 9.17) is 5.26 Å². The third-order valence-corrected chi connectivity index (χ3v) is 7.54. The van der Waals surface area contributed by atoms with E-state index in [-0.39, 0.29) is 5.69 Å². The van der Waals surface area contributed by atoms with Crippen molar-refractivity contribution in [3.05, 3.63) is 23.8 Å². The van der Waals surface area contributed by atoms with Crippen LogP contribution in [0.5, 0.6) is 0 Å². The molecular formula is C9H11FN2Sn. The molecule has 4 heteroatoms. The van der Waals surface area contributed by atoms with E-state index in [1.165, 1.54) is 6.07 Å². The number of nitrogens with zero attached hydrogens (tertiary/aromatic N) is 2. The molecule has 1 rings (SSSR count). The normalized spacial score (nSPS) is 11.0. The first kappa shape index (κ1) is 10.4. The molecule has 0 fully saturated rings. The van der Waals surface area contributed by atoms with Gasteiger partial charge in [-0.25, -0.2) is 0 Å². The average molecular weight is 285 g/mol. The number of aromatic nitrogens is 1. The maximum absolute atomic E-state index is 13.1. The molecule has 0 saturated heterocycles. The van der Waals surface area contributed by atoms with Crippen molar-refractivity contribution in [3.8, 4) is 6.07 Å². The van der Waals surface area contributed by atoms with Gasteiger partial charge in [-0.15, -0.1) is 0 Å². The Labute approximate surface area is 81.3 Å². The topological polar surface area (TPSA) is 36.7 Å². The average Bonchev–Trinajstić information content (AvgIpc) is 2.02. The first-order valence-electron chi connectivity index (χ1n) is 4.01. The molecule has 0 N–H and O–H groups in total. The van der Waals surface area contributed by atoms with Gasteiger partial charge in [-0.05, 0) is 0 Å². The predicted molar refractivity (Wildman–Crippen MR) is 51.9 cm³/mol. The van der Waals surface area contributed by atoms with Gasteiger partial charge >= 0.3 is 81.3 Å². The van der Waals surface area contributed by atoms with Crippen molar-refractivity contribution < 1.29 is 4.39 Å². The molecule has 1 aromatic rings. The van der Waals surface area contributed by atoms with Gasteiger partial charge < -0.3 is 0 Å². The van der Waals surface area contributed by atoms with Crippen molar-refractivity contribution >= 4 is 22.0 Å². The maximum atomic E-state index is 13.1. The number of pyridine rings is 1. The van der Waals surface area contributed by atoms with Crippen molar-refractivity contribution in [2.75, 3.05) is 0 Å². The first-order chi connectivity index (χ1) is 5.95. The van der Waals surface area contributed by atoms with E-state index >= 15 is 0 Å². The molecule has 1 aromatic heterocycles. The van der Waals surface area contributed by atoms with Crippen LogP contribution in [0.15, 0.2) is 12.3 Å². The zero-order valence-electron chi connectivity index (χ0n) is 7.93. The van der Waals surface area contributed by atoms with E-state index in [2.05, 4.69) is 19.8 Å². The van der Waals surface area contributed by atoms with Gasteiger partial charge in [-0.1, -0.05) is 0 Å². The van der Waals surface area contributed by atoms with Gasteiger partial charge in [0.15, 0.2) is 0 Å². The molecule has 0 aliphatic heterocycles. The molecule has 0 unspecified atom stereocenters. The van der Waals surface area contributed by atoms with Gasteiger partial charge in [-0.2, -0.15) is 0 Å². The van der Waals surface area contributed by atoms with E-state index in [9.17, 15) is 4.39 Å². The molecule has 2 nitrogen and oxygen atoms in total. The fourth-order valence-corrected chi connectivity index (χ4v) is 3.82. The van der Waals surface area contributed by atoms with E-state index in [1.807, 2.05) is 0 Å². The molecule has 1 heterocycles. The Morgan fingerprint density at radius 1 is 1.46 bits per heavy atom. The predicted octanol–water partition coefficient (Wildman–Crippen LogP) is 1.64. The van der Waals surface area contributed by atoms with Gasteiger partial charge in [0, 0.05) is 0 Å². The van der Waals surface area contributed by atoms with Crippen LogP contribution in [0.4, 0.5) is 4.39 Å². The van der Waals surface area contributed by atoms with Crippen LogP contribution in [0.3, 0.4) is 0 Å². The van der Waals surface area contributed by atoms with Crippen LogP contribution in [0.25, 0.3) is 0 Å². The molecule has 0 aliphatic carbocycles. The molecule has 13 heavy (non-hydrogen) atoms. The summed E-state index contributed by atoms with van der Waals surface area (Å²) in [5.74, 6) is -0.494. The Kier molecular flexibility index (Phi) is 2.91. The minimum atomic E-state index is -2.22. The number of hydrogen-bond donors (Lipinski definition) is 0. The molecular weight excluding hydrogens is 274 g/mol. The quantitative estimate of drug-likeness (QED) is 0.735. The first-order valence-corrected chi connectivity index (χ1v) is 14.0. The van der Waals surface area contributed by atoms with E-state index in [0.29, 0.717) is 0 Å². The second-order valence-corrected chi connectivity index (χ2v) is 18.4. The molecule has 0 atom stereocenters. The Bertz CT molecular complexity index is 363. The van der Waals surface area contributed by atoms with Crippen molar-refractivity contribution in [1.29, 1.82) is 5.26 Å². The van der Waals surface area contributed by atoms with Gasteiger partial charge in [0.25, 0.3) is 0 Å². The summed E-state index contributed by atoms with van der Waals surface area (Å²) in [6, 6.07) is 3.17. The van der Waals surface area contributed by atoms with Crippen LogP contribution in [0.2, 0.25) is 14.8 Å². The van der Waals surface area contributed by atoms with E-state index < -0.39 is 24.2 Å². The summed E-state index contributed by atoms with van der Waals surface area (Å²) in [5, 5.41) is 8.48. The van der Waals surface area contributed by atoms with Crippen molar-refractivity contribution in [2.24, 2.45) is 0 Å². The van der Waals surface area contributed by atoms with Crippen LogP contribution in [-0.2, 0) is 0 Å². The second-order valence-electron chi connectivity index (χ2n) is 3.92. The van der Waals surface area contributed by atoms with Crippen LogP contribution < -0.4 is 3.58 Å². The van der Waals surface area contributed by atoms with Crippen molar-refractivity contribution in [3.63, 3.8) is 0 Å². The number of halogens is 1. The summed E-state index contributed by atoms with van der Waals surface area (Å²) in [6.07, 6.45) is 1.64. The van der Waals surface area contributed by atoms with Crippen LogP contribution in [0.1, 0.15) is 5.69 Å². The van der Waals surface area contributed by atoms with Crippen molar-refractivity contribution in [1.82, 2.24) is 4.98 Å². The summed E-state index contributed by atoms with van der Waals surface area (Å²) < 4.78 is 14.1. The Morgan fingerprint density at radius 3 is 2.46 bits per heavy atom. The van der Waals surface area contributed by atoms with Gasteiger partial charge in [-0.3, -0.25) is 0 Å². The van der Waals surface area contributed by atoms with Crippen LogP contribution in [0, 0.1) is 17.1 Å². The summed E-state index contributed by atoms with van der Waals surface area (Å²) in [7, 11) is 0. The zero-order chi connectivity index (χ0) is 10.1. The Morgan fingerprint density at radius 2 is 2.08 bits per heavy atom. The summed E-state index contributed by atoms with van der Waals surface area (Å²) in [6.45, 7) is 0. The number of nitriles is 1.